The van der Waals surface area contributed by atoms with Gasteiger partial charge in [-0.15, -0.1) is 0 Å². The Morgan fingerprint density at radius 2 is 2.06 bits per heavy atom. The largest absolute Gasteiger partial charge is 0.489 e. The van der Waals surface area contributed by atoms with E-state index in [0.717, 1.165) is 42.9 Å². The molecule has 2 heterocycles. The molecule has 3 rings (SSSR count). The number of nitrogens with zero attached hydrogens (tertiary/aromatic N) is 1. The summed E-state index contributed by atoms with van der Waals surface area (Å²) in [5, 5.41) is 0. The molecule has 1 aromatic carbocycles. The summed E-state index contributed by atoms with van der Waals surface area (Å²) in [4.78, 5) is 2.38. The summed E-state index contributed by atoms with van der Waals surface area (Å²) in [6.07, 6.45) is 2.29. The van der Waals surface area contributed by atoms with Gasteiger partial charge in [0.05, 0.1) is 11.7 Å². The molecule has 1 atom stereocenters. The zero-order chi connectivity index (χ0) is 12.5. The monoisotopic (exact) mass is 311 g/mol. The first-order valence-electron chi connectivity index (χ1n) is 6.48. The van der Waals surface area contributed by atoms with Crippen LogP contribution in [0.4, 0.5) is 5.69 Å². The molecule has 0 bridgehead atoms. The third-order valence-corrected chi connectivity index (χ3v) is 4.51. The van der Waals surface area contributed by atoms with Gasteiger partial charge in [-0.25, -0.2) is 0 Å². The van der Waals surface area contributed by atoms with Crippen molar-refractivity contribution in [2.75, 3.05) is 31.8 Å². The van der Waals surface area contributed by atoms with E-state index >= 15 is 0 Å². The van der Waals surface area contributed by atoms with Crippen LogP contribution in [0.1, 0.15) is 12.8 Å². The lowest BCUT2D eigenvalue weighted by molar-refractivity contribution is 0.0495. The fourth-order valence-corrected chi connectivity index (χ4v) is 3.25. The molecule has 1 unspecified atom stereocenters. The van der Waals surface area contributed by atoms with Crippen LogP contribution in [0.25, 0.3) is 0 Å². The van der Waals surface area contributed by atoms with Crippen LogP contribution in [0, 0.1) is 5.92 Å². The second-order valence-electron chi connectivity index (χ2n) is 5.05. The Morgan fingerprint density at radius 1 is 1.28 bits per heavy atom. The average molecular weight is 312 g/mol. The number of likely N-dealkylation sites (N-methyl/N-ethyl adjacent to an activating group) is 1. The van der Waals surface area contributed by atoms with Gasteiger partial charge in [-0.3, -0.25) is 0 Å². The first kappa shape index (κ1) is 12.3. The highest BCUT2D eigenvalue weighted by molar-refractivity contribution is 9.10. The van der Waals surface area contributed by atoms with Crippen molar-refractivity contribution in [3.05, 3.63) is 22.7 Å². The van der Waals surface area contributed by atoms with Crippen LogP contribution in [0.15, 0.2) is 22.7 Å². The molecule has 98 valence electrons. The quantitative estimate of drug-likeness (QED) is 0.795. The van der Waals surface area contributed by atoms with Crippen LogP contribution in [-0.4, -0.2) is 32.9 Å². The summed E-state index contributed by atoms with van der Waals surface area (Å²) in [7, 11) is 2.18. The van der Waals surface area contributed by atoms with E-state index in [0.29, 0.717) is 12.0 Å². The van der Waals surface area contributed by atoms with E-state index < -0.39 is 0 Å². The number of fused-ring (bicyclic) bond motifs is 1. The Balaban J connectivity index is 1.82. The highest BCUT2D eigenvalue weighted by Gasteiger charge is 2.32. The first-order valence-corrected chi connectivity index (χ1v) is 7.28. The van der Waals surface area contributed by atoms with Crippen molar-refractivity contribution in [2.45, 2.75) is 18.9 Å². The molecule has 3 nitrogen and oxygen atoms in total. The fourth-order valence-electron chi connectivity index (χ4n) is 2.91. The number of rotatable bonds is 1. The highest BCUT2D eigenvalue weighted by Crippen LogP contribution is 2.38. The second-order valence-corrected chi connectivity index (χ2v) is 5.97. The number of hydrogen-bond acceptors (Lipinski definition) is 3. The first-order chi connectivity index (χ1) is 8.75. The standard InChI is InChI=1S/C14H18BrNO2/c1-16-12-3-2-11(15)8-14(12)18-9-13(16)10-4-6-17-7-5-10/h2-3,8,10,13H,4-7,9H2,1H3. The minimum Gasteiger partial charge on any atom is -0.489 e. The van der Waals surface area contributed by atoms with Gasteiger partial charge in [0, 0.05) is 24.7 Å². The minimum atomic E-state index is 0.475. The van der Waals surface area contributed by atoms with Crippen LogP contribution < -0.4 is 9.64 Å². The average Bonchev–Trinajstić information content (AvgIpc) is 2.40. The maximum Gasteiger partial charge on any atom is 0.143 e. The maximum absolute atomic E-state index is 5.93. The van der Waals surface area contributed by atoms with E-state index in [1.165, 1.54) is 5.69 Å². The van der Waals surface area contributed by atoms with Gasteiger partial charge in [-0.05, 0) is 37.0 Å². The van der Waals surface area contributed by atoms with Crippen molar-refractivity contribution in [3.63, 3.8) is 0 Å². The number of ether oxygens (including phenoxy) is 2. The molecule has 0 saturated carbocycles. The molecule has 0 amide bonds. The molecular weight excluding hydrogens is 294 g/mol. The molecule has 0 aliphatic carbocycles. The lowest BCUT2D eigenvalue weighted by atomic mass is 9.90. The third-order valence-electron chi connectivity index (χ3n) is 4.02. The highest BCUT2D eigenvalue weighted by atomic mass is 79.9. The lowest BCUT2D eigenvalue weighted by Gasteiger charge is -2.41. The van der Waals surface area contributed by atoms with Gasteiger partial charge in [-0.2, -0.15) is 0 Å². The van der Waals surface area contributed by atoms with Crippen molar-refractivity contribution in [3.8, 4) is 5.75 Å². The molecule has 2 aliphatic heterocycles. The summed E-state index contributed by atoms with van der Waals surface area (Å²) in [6.45, 7) is 2.56. The van der Waals surface area contributed by atoms with Gasteiger partial charge in [0.25, 0.3) is 0 Å². The lowest BCUT2D eigenvalue weighted by Crippen LogP contribution is -2.47. The van der Waals surface area contributed by atoms with Gasteiger partial charge in [0.15, 0.2) is 0 Å². The number of anilines is 1. The Morgan fingerprint density at radius 3 is 2.83 bits per heavy atom. The van der Waals surface area contributed by atoms with Crippen molar-refractivity contribution in [1.82, 2.24) is 0 Å². The molecule has 4 heteroatoms. The second kappa shape index (κ2) is 5.10. The van der Waals surface area contributed by atoms with Crippen molar-refractivity contribution >= 4 is 21.6 Å². The van der Waals surface area contributed by atoms with E-state index in [1.807, 2.05) is 6.07 Å². The van der Waals surface area contributed by atoms with Crippen LogP contribution in [0.2, 0.25) is 0 Å². The zero-order valence-corrected chi connectivity index (χ0v) is 12.1. The van der Waals surface area contributed by atoms with Crippen LogP contribution in [-0.2, 0) is 4.74 Å². The van der Waals surface area contributed by atoms with Crippen LogP contribution >= 0.6 is 15.9 Å². The molecule has 0 radical (unpaired) electrons. The molecule has 18 heavy (non-hydrogen) atoms. The number of halogens is 1. The van der Waals surface area contributed by atoms with Gasteiger partial charge in [0.2, 0.25) is 0 Å². The van der Waals surface area contributed by atoms with E-state index in [4.69, 9.17) is 9.47 Å². The summed E-state index contributed by atoms with van der Waals surface area (Å²) < 4.78 is 12.4. The van der Waals surface area contributed by atoms with Crippen LogP contribution in [0.3, 0.4) is 0 Å². The van der Waals surface area contributed by atoms with E-state index in [2.05, 4.69) is 40.0 Å². The van der Waals surface area contributed by atoms with Gasteiger partial charge >= 0.3 is 0 Å². The van der Waals surface area contributed by atoms with Gasteiger partial charge < -0.3 is 14.4 Å². The smallest absolute Gasteiger partial charge is 0.143 e. The summed E-state index contributed by atoms with van der Waals surface area (Å²) in [6, 6.07) is 6.73. The minimum absolute atomic E-state index is 0.475. The molecule has 1 fully saturated rings. The molecule has 0 aromatic heterocycles. The number of hydrogen-bond donors (Lipinski definition) is 0. The van der Waals surface area contributed by atoms with Gasteiger partial charge in [-0.1, -0.05) is 15.9 Å². The normalized spacial score (nSPS) is 24.6. The topological polar surface area (TPSA) is 21.7 Å². The van der Waals surface area contributed by atoms with Crippen LogP contribution in [0.5, 0.6) is 5.75 Å². The predicted octanol–water partition coefficient (Wildman–Crippen LogP) is 3.07. The molecule has 0 N–H and O–H groups in total. The third kappa shape index (κ3) is 2.24. The molecule has 2 aliphatic rings. The molecule has 0 spiro atoms. The predicted molar refractivity (Wildman–Crippen MR) is 75.4 cm³/mol. The van der Waals surface area contributed by atoms with E-state index in [9.17, 15) is 0 Å². The maximum atomic E-state index is 5.93. The zero-order valence-electron chi connectivity index (χ0n) is 10.6. The summed E-state index contributed by atoms with van der Waals surface area (Å²) in [5.74, 6) is 1.66. The Labute approximate surface area is 116 Å². The molecular formula is C14H18BrNO2. The summed E-state index contributed by atoms with van der Waals surface area (Å²) in [5.41, 5.74) is 1.20. The Kier molecular flexibility index (Phi) is 3.48. The van der Waals surface area contributed by atoms with Gasteiger partial charge in [0.1, 0.15) is 12.4 Å². The van der Waals surface area contributed by atoms with E-state index in [1.54, 1.807) is 0 Å². The number of benzene rings is 1. The summed E-state index contributed by atoms with van der Waals surface area (Å²) >= 11 is 3.49. The van der Waals surface area contributed by atoms with E-state index in [-0.39, 0.29) is 0 Å². The Hall–Kier alpha value is -0.740. The Bertz CT molecular complexity index is 432. The molecule has 1 saturated heterocycles. The van der Waals surface area contributed by atoms with Crippen molar-refractivity contribution < 1.29 is 9.47 Å². The van der Waals surface area contributed by atoms with Crippen molar-refractivity contribution in [1.29, 1.82) is 0 Å². The SMILES string of the molecule is CN1c2ccc(Br)cc2OCC1C1CCOCC1. The van der Waals surface area contributed by atoms with Crippen molar-refractivity contribution in [2.24, 2.45) is 5.92 Å². The fraction of sp³-hybridized carbons (Fsp3) is 0.571. The molecule has 1 aromatic rings.